The maximum absolute atomic E-state index is 12.4. The van der Waals surface area contributed by atoms with E-state index in [-0.39, 0.29) is 34.8 Å². The molecule has 0 spiro atoms. The SMILES string of the molecule is COc1cccc(OC)c1S(=O)(=O)NCC1CCCN1.Cl. The molecule has 2 rings (SSSR count). The first-order valence-electron chi connectivity index (χ1n) is 6.52. The van der Waals surface area contributed by atoms with Gasteiger partial charge in [0, 0.05) is 12.6 Å². The lowest BCUT2D eigenvalue weighted by atomic mass is 10.2. The van der Waals surface area contributed by atoms with Gasteiger partial charge in [-0.05, 0) is 31.5 Å². The summed E-state index contributed by atoms with van der Waals surface area (Å²) < 4.78 is 37.8. The molecule has 0 amide bonds. The van der Waals surface area contributed by atoms with E-state index >= 15 is 0 Å². The van der Waals surface area contributed by atoms with Gasteiger partial charge in [-0.2, -0.15) is 0 Å². The number of nitrogens with one attached hydrogen (secondary N) is 2. The molecule has 120 valence electrons. The quantitative estimate of drug-likeness (QED) is 0.815. The number of sulfonamides is 1. The van der Waals surface area contributed by atoms with Gasteiger partial charge >= 0.3 is 0 Å². The van der Waals surface area contributed by atoms with Crippen LogP contribution in [0.5, 0.6) is 11.5 Å². The number of methoxy groups -OCH3 is 2. The molecule has 0 aliphatic carbocycles. The molecule has 1 atom stereocenters. The second-order valence-corrected chi connectivity index (χ2v) is 6.34. The summed E-state index contributed by atoms with van der Waals surface area (Å²) in [5, 5.41) is 3.25. The van der Waals surface area contributed by atoms with Crippen LogP contribution in [0.25, 0.3) is 0 Å². The van der Waals surface area contributed by atoms with Crippen LogP contribution in [-0.2, 0) is 10.0 Å². The number of rotatable bonds is 6. The number of hydrogen-bond acceptors (Lipinski definition) is 5. The Morgan fingerprint density at radius 1 is 1.29 bits per heavy atom. The molecular formula is C13H21ClN2O4S. The van der Waals surface area contributed by atoms with Gasteiger partial charge in [0.05, 0.1) is 14.2 Å². The molecule has 1 fully saturated rings. The van der Waals surface area contributed by atoms with Crippen molar-refractivity contribution in [1.82, 2.24) is 10.0 Å². The molecule has 0 radical (unpaired) electrons. The van der Waals surface area contributed by atoms with Gasteiger partial charge < -0.3 is 14.8 Å². The van der Waals surface area contributed by atoms with Crippen LogP contribution in [0.1, 0.15) is 12.8 Å². The summed E-state index contributed by atoms with van der Waals surface area (Å²) in [5.41, 5.74) is 0. The third-order valence-corrected chi connectivity index (χ3v) is 4.82. The molecule has 2 N–H and O–H groups in total. The maximum atomic E-state index is 12.4. The summed E-state index contributed by atoms with van der Waals surface area (Å²) in [7, 11) is -0.800. The molecule has 8 heteroatoms. The Morgan fingerprint density at radius 3 is 2.38 bits per heavy atom. The van der Waals surface area contributed by atoms with E-state index in [2.05, 4.69) is 10.0 Å². The molecular weight excluding hydrogens is 316 g/mol. The molecule has 6 nitrogen and oxygen atoms in total. The zero-order valence-electron chi connectivity index (χ0n) is 12.1. The second-order valence-electron chi connectivity index (χ2n) is 4.64. The standard InChI is InChI=1S/C13H20N2O4S.ClH/c1-18-11-6-3-7-12(19-2)13(11)20(16,17)15-9-10-5-4-8-14-10;/h3,6-7,10,14-15H,4-5,8-9H2,1-2H3;1H. The highest BCUT2D eigenvalue weighted by Gasteiger charge is 2.26. The van der Waals surface area contributed by atoms with E-state index in [0.29, 0.717) is 6.54 Å². The summed E-state index contributed by atoms with van der Waals surface area (Å²) in [6.45, 7) is 1.30. The molecule has 1 unspecified atom stereocenters. The molecule has 1 saturated heterocycles. The average Bonchev–Trinajstić information content (AvgIpc) is 2.97. The Labute approximate surface area is 131 Å². The van der Waals surface area contributed by atoms with Crippen LogP contribution in [0.4, 0.5) is 0 Å². The average molecular weight is 337 g/mol. The number of hydrogen-bond donors (Lipinski definition) is 2. The highest BCUT2D eigenvalue weighted by molar-refractivity contribution is 7.89. The Hall–Kier alpha value is -1.02. The van der Waals surface area contributed by atoms with E-state index < -0.39 is 10.0 Å². The van der Waals surface area contributed by atoms with Crippen molar-refractivity contribution in [2.24, 2.45) is 0 Å². The van der Waals surface area contributed by atoms with Crippen LogP contribution in [0.15, 0.2) is 23.1 Å². The Bertz CT molecular complexity index is 537. The van der Waals surface area contributed by atoms with Crippen molar-refractivity contribution in [2.75, 3.05) is 27.3 Å². The first-order chi connectivity index (χ1) is 9.58. The van der Waals surface area contributed by atoms with Crippen LogP contribution in [0.2, 0.25) is 0 Å². The summed E-state index contributed by atoms with van der Waals surface area (Å²) in [5.74, 6) is 0.549. The monoisotopic (exact) mass is 336 g/mol. The van der Waals surface area contributed by atoms with Gasteiger partial charge in [-0.25, -0.2) is 13.1 Å². The highest BCUT2D eigenvalue weighted by Crippen LogP contribution is 2.32. The lowest BCUT2D eigenvalue weighted by molar-refractivity contribution is 0.372. The molecule has 21 heavy (non-hydrogen) atoms. The lowest BCUT2D eigenvalue weighted by Crippen LogP contribution is -2.37. The first-order valence-corrected chi connectivity index (χ1v) is 8.01. The van der Waals surface area contributed by atoms with Gasteiger partial charge in [0.2, 0.25) is 10.0 Å². The Morgan fingerprint density at radius 2 is 1.90 bits per heavy atom. The summed E-state index contributed by atoms with van der Waals surface area (Å²) in [6, 6.07) is 5.08. The van der Waals surface area contributed by atoms with Crippen LogP contribution in [-0.4, -0.2) is 41.8 Å². The van der Waals surface area contributed by atoms with Gasteiger partial charge in [-0.15, -0.1) is 12.4 Å². The summed E-state index contributed by atoms with van der Waals surface area (Å²) in [4.78, 5) is 0.0444. The largest absolute Gasteiger partial charge is 0.495 e. The smallest absolute Gasteiger partial charge is 0.248 e. The number of halogens is 1. The molecule has 1 aromatic carbocycles. The molecule has 0 bridgehead atoms. The second kappa shape index (κ2) is 7.84. The molecule has 0 aromatic heterocycles. The Kier molecular flexibility index (Phi) is 6.73. The zero-order valence-corrected chi connectivity index (χ0v) is 13.7. The van der Waals surface area contributed by atoms with Gasteiger partial charge in [-0.3, -0.25) is 0 Å². The fourth-order valence-electron chi connectivity index (χ4n) is 2.30. The van der Waals surface area contributed by atoms with Gasteiger partial charge in [0.15, 0.2) is 4.90 Å². The first kappa shape index (κ1) is 18.0. The number of ether oxygens (including phenoxy) is 2. The Balaban J connectivity index is 0.00000220. The fourth-order valence-corrected chi connectivity index (χ4v) is 3.69. The van der Waals surface area contributed by atoms with E-state index in [1.54, 1.807) is 18.2 Å². The molecule has 1 heterocycles. The van der Waals surface area contributed by atoms with E-state index in [1.165, 1.54) is 14.2 Å². The normalized spacial score (nSPS) is 18.1. The van der Waals surface area contributed by atoms with Crippen molar-refractivity contribution in [3.63, 3.8) is 0 Å². The maximum Gasteiger partial charge on any atom is 0.248 e. The number of benzene rings is 1. The van der Waals surface area contributed by atoms with E-state index in [4.69, 9.17) is 9.47 Å². The van der Waals surface area contributed by atoms with E-state index in [1.807, 2.05) is 0 Å². The molecule has 1 aliphatic heterocycles. The van der Waals surface area contributed by atoms with Gasteiger partial charge in [-0.1, -0.05) is 6.07 Å². The van der Waals surface area contributed by atoms with Crippen molar-refractivity contribution in [3.05, 3.63) is 18.2 Å². The minimum atomic E-state index is -3.67. The molecule has 1 aliphatic rings. The third kappa shape index (κ3) is 4.23. The molecule has 1 aromatic rings. The van der Waals surface area contributed by atoms with Gasteiger partial charge in [0.25, 0.3) is 0 Å². The van der Waals surface area contributed by atoms with Crippen molar-refractivity contribution < 1.29 is 17.9 Å². The molecule has 0 saturated carbocycles. The van der Waals surface area contributed by atoms with Gasteiger partial charge in [0.1, 0.15) is 11.5 Å². The van der Waals surface area contributed by atoms with Crippen LogP contribution >= 0.6 is 12.4 Å². The van der Waals surface area contributed by atoms with Crippen LogP contribution in [0.3, 0.4) is 0 Å². The fraction of sp³-hybridized carbons (Fsp3) is 0.538. The van der Waals surface area contributed by atoms with E-state index in [0.717, 1.165) is 19.4 Å². The van der Waals surface area contributed by atoms with Crippen LogP contribution < -0.4 is 19.5 Å². The topological polar surface area (TPSA) is 76.7 Å². The third-order valence-electron chi connectivity index (χ3n) is 3.33. The summed E-state index contributed by atoms with van der Waals surface area (Å²) >= 11 is 0. The van der Waals surface area contributed by atoms with Crippen molar-refractivity contribution >= 4 is 22.4 Å². The van der Waals surface area contributed by atoms with Crippen LogP contribution in [0, 0.1) is 0 Å². The predicted octanol–water partition coefficient (Wildman–Crippen LogP) is 1.16. The summed E-state index contributed by atoms with van der Waals surface area (Å²) in [6.07, 6.45) is 2.05. The van der Waals surface area contributed by atoms with Crippen molar-refractivity contribution in [3.8, 4) is 11.5 Å². The zero-order chi connectivity index (χ0) is 14.6. The lowest BCUT2D eigenvalue weighted by Gasteiger charge is -2.16. The van der Waals surface area contributed by atoms with Crippen molar-refractivity contribution in [2.45, 2.75) is 23.8 Å². The van der Waals surface area contributed by atoms with E-state index in [9.17, 15) is 8.42 Å². The van der Waals surface area contributed by atoms with Crippen molar-refractivity contribution in [1.29, 1.82) is 0 Å². The highest BCUT2D eigenvalue weighted by atomic mass is 35.5. The minimum Gasteiger partial charge on any atom is -0.495 e. The minimum absolute atomic E-state index is 0. The predicted molar refractivity (Wildman–Crippen MR) is 83.0 cm³/mol.